The summed E-state index contributed by atoms with van der Waals surface area (Å²) in [5.74, 6) is -0.969. The number of fused-ring (bicyclic) bond motifs is 3. The van der Waals surface area contributed by atoms with Crippen LogP contribution in [0.1, 0.15) is 53.2 Å². The Balaban J connectivity index is 1.66. The molecule has 0 bridgehead atoms. The van der Waals surface area contributed by atoms with Crippen LogP contribution in [0, 0.1) is 0 Å². The van der Waals surface area contributed by atoms with E-state index in [4.69, 9.17) is 15.2 Å². The van der Waals surface area contributed by atoms with Gasteiger partial charge < -0.3 is 25.4 Å². The molecule has 2 atom stereocenters. The van der Waals surface area contributed by atoms with Crippen LogP contribution in [-0.4, -0.2) is 46.9 Å². The van der Waals surface area contributed by atoms with Crippen molar-refractivity contribution in [2.45, 2.75) is 44.2 Å². The van der Waals surface area contributed by atoms with Crippen LogP contribution in [0.25, 0.3) is 0 Å². The minimum absolute atomic E-state index is 0.296. The number of rotatable bonds is 6. The van der Waals surface area contributed by atoms with Crippen LogP contribution in [0.3, 0.4) is 0 Å². The highest BCUT2D eigenvalue weighted by atomic mass is 32.1. The predicted molar refractivity (Wildman–Crippen MR) is 147 cm³/mol. The van der Waals surface area contributed by atoms with E-state index in [0.717, 1.165) is 11.1 Å². The third kappa shape index (κ3) is 4.65. The molecule has 5 rings (SSSR count). The molecule has 4 heterocycles. The Hall–Kier alpha value is -4.18. The number of pyridine rings is 1. The van der Waals surface area contributed by atoms with Gasteiger partial charge in [0.15, 0.2) is 0 Å². The van der Waals surface area contributed by atoms with E-state index in [1.165, 1.54) is 24.6 Å². The summed E-state index contributed by atoms with van der Waals surface area (Å²) in [6, 6.07) is 10.1. The Morgan fingerprint density at radius 2 is 2.00 bits per heavy atom. The maximum absolute atomic E-state index is 13.4. The first kappa shape index (κ1) is 26.4. The lowest BCUT2D eigenvalue weighted by atomic mass is 9.73. The summed E-state index contributed by atoms with van der Waals surface area (Å²) in [5, 5.41) is 4.80. The zero-order valence-corrected chi connectivity index (χ0v) is 23.0. The first-order valence-corrected chi connectivity index (χ1v) is 13.4. The fourth-order valence-electron chi connectivity index (χ4n) is 5.29. The molecule has 2 unspecified atom stereocenters. The quantitative estimate of drug-likeness (QED) is 0.449. The Labute approximate surface area is 230 Å². The average molecular weight is 547 g/mol. The number of thiophene rings is 1. The standard InChI is InChI=1S/C29H30N4O5S/c1-28(2,3)38-26(35)21-15-29(27(30)36,23-8-6-12-39-23)24-19-14-20(32-25(34)18-7-5-10-31-16-18)22(37-4)13-17(19)9-11-33(21)24/h5-8,10,12-16,24H,9,11H2,1-4H3,(H2,30,36)(H,32,34). The van der Waals surface area contributed by atoms with E-state index in [2.05, 4.69) is 10.3 Å². The molecular formula is C29H30N4O5S. The van der Waals surface area contributed by atoms with Crippen molar-refractivity contribution >= 4 is 34.8 Å². The number of hydrogen-bond acceptors (Lipinski definition) is 8. The van der Waals surface area contributed by atoms with Crippen molar-refractivity contribution < 1.29 is 23.9 Å². The SMILES string of the molecule is COc1cc2c(cc1NC(=O)c1cccnc1)C1N(CC2)C(C(=O)OC(C)(C)C)=CC1(C(N)=O)c1cccs1. The van der Waals surface area contributed by atoms with Gasteiger partial charge in [-0.3, -0.25) is 14.6 Å². The third-order valence-electron chi connectivity index (χ3n) is 6.91. The van der Waals surface area contributed by atoms with Gasteiger partial charge in [0.05, 0.1) is 24.4 Å². The number of primary amides is 1. The van der Waals surface area contributed by atoms with Crippen molar-refractivity contribution in [3.05, 3.63) is 87.5 Å². The van der Waals surface area contributed by atoms with Crippen molar-refractivity contribution in [1.29, 1.82) is 0 Å². The summed E-state index contributed by atoms with van der Waals surface area (Å²) in [4.78, 5) is 46.5. The minimum atomic E-state index is -1.32. The Kier molecular flexibility index (Phi) is 6.67. The molecular weight excluding hydrogens is 516 g/mol. The van der Waals surface area contributed by atoms with Gasteiger partial charge >= 0.3 is 5.97 Å². The Morgan fingerprint density at radius 3 is 2.62 bits per heavy atom. The van der Waals surface area contributed by atoms with Crippen LogP contribution in [-0.2, 0) is 26.2 Å². The van der Waals surface area contributed by atoms with Gasteiger partial charge in [-0.15, -0.1) is 11.3 Å². The van der Waals surface area contributed by atoms with Gasteiger partial charge in [0.2, 0.25) is 5.91 Å². The lowest BCUT2D eigenvalue weighted by Crippen LogP contribution is -2.48. The third-order valence-corrected chi connectivity index (χ3v) is 7.93. The number of nitrogens with zero attached hydrogens (tertiary/aromatic N) is 2. The van der Waals surface area contributed by atoms with E-state index in [9.17, 15) is 14.4 Å². The van der Waals surface area contributed by atoms with Crippen molar-refractivity contribution in [1.82, 2.24) is 9.88 Å². The fraction of sp³-hybridized carbons (Fsp3) is 0.310. The van der Waals surface area contributed by atoms with Gasteiger partial charge in [-0.05, 0) is 80.1 Å². The number of nitrogens with two attached hydrogens (primary N) is 1. The normalized spacial score (nSPS) is 19.9. The molecule has 0 radical (unpaired) electrons. The van der Waals surface area contributed by atoms with Gasteiger partial charge in [-0.1, -0.05) is 6.07 Å². The average Bonchev–Trinajstić information content (AvgIpc) is 3.55. The lowest BCUT2D eigenvalue weighted by molar-refractivity contribution is -0.152. The number of carbonyl (C=O) groups excluding carboxylic acids is 3. The molecule has 2 amide bonds. The first-order chi connectivity index (χ1) is 18.5. The largest absolute Gasteiger partial charge is 0.495 e. The second-order valence-electron chi connectivity index (χ2n) is 10.5. The maximum atomic E-state index is 13.4. The van der Waals surface area contributed by atoms with E-state index in [1.54, 1.807) is 45.2 Å². The molecule has 2 aliphatic heterocycles. The summed E-state index contributed by atoms with van der Waals surface area (Å²) in [5.41, 5.74) is 6.95. The molecule has 10 heteroatoms. The molecule has 0 saturated carbocycles. The van der Waals surface area contributed by atoms with Gasteiger partial charge in [0.25, 0.3) is 5.91 Å². The van der Waals surface area contributed by atoms with Crippen LogP contribution >= 0.6 is 11.3 Å². The highest BCUT2D eigenvalue weighted by molar-refractivity contribution is 7.10. The maximum Gasteiger partial charge on any atom is 0.354 e. The van der Waals surface area contributed by atoms with E-state index in [1.807, 2.05) is 34.5 Å². The van der Waals surface area contributed by atoms with Crippen LogP contribution in [0.15, 0.2) is 65.9 Å². The molecule has 1 aromatic carbocycles. The van der Waals surface area contributed by atoms with Crippen molar-refractivity contribution in [2.24, 2.45) is 5.73 Å². The van der Waals surface area contributed by atoms with Gasteiger partial charge in [0.1, 0.15) is 22.5 Å². The lowest BCUT2D eigenvalue weighted by Gasteiger charge is -2.42. The number of methoxy groups -OCH3 is 1. The summed E-state index contributed by atoms with van der Waals surface area (Å²) in [6.07, 6.45) is 5.31. The topological polar surface area (TPSA) is 124 Å². The smallest absolute Gasteiger partial charge is 0.354 e. The predicted octanol–water partition coefficient (Wildman–Crippen LogP) is 3.97. The fourth-order valence-corrected chi connectivity index (χ4v) is 6.21. The number of nitrogens with one attached hydrogen (secondary N) is 1. The molecule has 3 aromatic rings. The molecule has 2 aromatic heterocycles. The number of ether oxygens (including phenoxy) is 2. The number of esters is 1. The van der Waals surface area contributed by atoms with Crippen molar-refractivity contribution in [3.63, 3.8) is 0 Å². The molecule has 3 N–H and O–H groups in total. The van der Waals surface area contributed by atoms with Crippen molar-refractivity contribution in [2.75, 3.05) is 19.0 Å². The summed E-state index contributed by atoms with van der Waals surface area (Å²) >= 11 is 1.40. The number of hydrogen-bond donors (Lipinski definition) is 2. The summed E-state index contributed by atoms with van der Waals surface area (Å²) in [6.45, 7) is 5.86. The van der Waals surface area contributed by atoms with Crippen molar-refractivity contribution in [3.8, 4) is 5.75 Å². The number of aromatic nitrogens is 1. The van der Waals surface area contributed by atoms with E-state index in [-0.39, 0.29) is 5.91 Å². The highest BCUT2D eigenvalue weighted by Crippen LogP contribution is 2.54. The van der Waals surface area contributed by atoms with Gasteiger partial charge in [-0.2, -0.15) is 0 Å². The Bertz CT molecular complexity index is 1460. The summed E-state index contributed by atoms with van der Waals surface area (Å²) in [7, 11) is 1.54. The van der Waals surface area contributed by atoms with Gasteiger partial charge in [-0.25, -0.2) is 4.79 Å². The molecule has 2 aliphatic rings. The highest BCUT2D eigenvalue weighted by Gasteiger charge is 2.57. The molecule has 0 spiro atoms. The zero-order chi connectivity index (χ0) is 27.9. The number of carbonyl (C=O) groups is 3. The van der Waals surface area contributed by atoms with Crippen LogP contribution in [0.2, 0.25) is 0 Å². The van der Waals surface area contributed by atoms with Crippen LogP contribution in [0.4, 0.5) is 5.69 Å². The molecule has 0 aliphatic carbocycles. The number of amides is 2. The summed E-state index contributed by atoms with van der Waals surface area (Å²) < 4.78 is 11.4. The molecule has 9 nitrogen and oxygen atoms in total. The molecule has 39 heavy (non-hydrogen) atoms. The second-order valence-corrected chi connectivity index (χ2v) is 11.5. The number of benzene rings is 1. The molecule has 0 saturated heterocycles. The van der Waals surface area contributed by atoms with E-state index < -0.39 is 28.9 Å². The number of anilines is 1. The zero-order valence-electron chi connectivity index (χ0n) is 22.2. The monoisotopic (exact) mass is 546 g/mol. The van der Waals surface area contributed by atoms with E-state index >= 15 is 0 Å². The van der Waals surface area contributed by atoms with Gasteiger partial charge in [0, 0.05) is 23.8 Å². The van der Waals surface area contributed by atoms with E-state index in [0.29, 0.717) is 40.5 Å². The first-order valence-electron chi connectivity index (χ1n) is 12.5. The molecule has 0 fully saturated rings. The van der Waals surface area contributed by atoms with Crippen LogP contribution in [0.5, 0.6) is 5.75 Å². The second kappa shape index (κ2) is 9.85. The van der Waals surface area contributed by atoms with Crippen LogP contribution < -0.4 is 15.8 Å². The Morgan fingerprint density at radius 1 is 1.21 bits per heavy atom. The molecule has 202 valence electrons. The minimum Gasteiger partial charge on any atom is -0.495 e.